The number of benzene rings is 2. The molecule has 0 saturated carbocycles. The number of nitrogens with one attached hydrogen (secondary N) is 1. The first-order valence-electron chi connectivity index (χ1n) is 9.61. The van der Waals surface area contributed by atoms with Crippen molar-refractivity contribution < 1.29 is 14.3 Å². The zero-order chi connectivity index (χ0) is 20.5. The zero-order valence-corrected chi connectivity index (χ0v) is 18.3. The summed E-state index contributed by atoms with van der Waals surface area (Å²) in [6.07, 6.45) is 1.59. The largest absolute Gasteiger partial charge is 0.493 e. The van der Waals surface area contributed by atoms with Gasteiger partial charge in [0.15, 0.2) is 6.61 Å². The Kier molecular flexibility index (Phi) is 8.31. The van der Waals surface area contributed by atoms with Crippen LogP contribution in [0.15, 0.2) is 53.6 Å². The maximum atomic E-state index is 11.9. The third-order valence-electron chi connectivity index (χ3n) is 4.01. The Morgan fingerprint density at radius 1 is 1.07 bits per heavy atom. The predicted octanol–water partition coefficient (Wildman–Crippen LogP) is 4.73. The van der Waals surface area contributed by atoms with Crippen LogP contribution in [-0.4, -0.2) is 36.8 Å². The Morgan fingerprint density at radius 3 is 2.34 bits per heavy atom. The van der Waals surface area contributed by atoms with Crippen molar-refractivity contribution in [2.24, 2.45) is 11.0 Å². The van der Waals surface area contributed by atoms with Crippen LogP contribution in [0.5, 0.6) is 11.5 Å². The van der Waals surface area contributed by atoms with Gasteiger partial charge in [-0.05, 0) is 53.4 Å². The summed E-state index contributed by atoms with van der Waals surface area (Å²) in [6, 6.07) is 15.5. The summed E-state index contributed by atoms with van der Waals surface area (Å²) in [6.45, 7) is 4.82. The van der Waals surface area contributed by atoms with Crippen molar-refractivity contribution in [2.45, 2.75) is 18.4 Å². The molecule has 1 N–H and O–H groups in total. The van der Waals surface area contributed by atoms with E-state index in [2.05, 4.69) is 36.5 Å². The van der Waals surface area contributed by atoms with Crippen molar-refractivity contribution >= 4 is 35.6 Å². The van der Waals surface area contributed by atoms with E-state index in [1.54, 1.807) is 6.21 Å². The van der Waals surface area contributed by atoms with Gasteiger partial charge in [-0.1, -0.05) is 26.0 Å². The Labute approximate surface area is 180 Å². The minimum absolute atomic E-state index is 0.0778. The van der Waals surface area contributed by atoms with E-state index < -0.39 is 0 Å². The lowest BCUT2D eigenvalue weighted by molar-refractivity contribution is -0.123. The maximum absolute atomic E-state index is 11.9. The number of carbonyl (C=O) groups excluding carboxylic acids is 1. The van der Waals surface area contributed by atoms with E-state index in [9.17, 15) is 4.79 Å². The van der Waals surface area contributed by atoms with E-state index in [4.69, 9.17) is 9.47 Å². The van der Waals surface area contributed by atoms with E-state index in [-0.39, 0.29) is 12.5 Å². The molecule has 0 bridgehead atoms. The van der Waals surface area contributed by atoms with Gasteiger partial charge in [-0.3, -0.25) is 4.79 Å². The van der Waals surface area contributed by atoms with Crippen LogP contribution < -0.4 is 14.9 Å². The van der Waals surface area contributed by atoms with Gasteiger partial charge < -0.3 is 9.47 Å². The van der Waals surface area contributed by atoms with Crippen LogP contribution in [0.4, 0.5) is 0 Å². The molecule has 2 aromatic rings. The molecule has 0 atom stereocenters. The third kappa shape index (κ3) is 7.33. The van der Waals surface area contributed by atoms with Crippen molar-refractivity contribution in [3.05, 3.63) is 59.7 Å². The van der Waals surface area contributed by atoms with Gasteiger partial charge >= 0.3 is 0 Å². The van der Waals surface area contributed by atoms with E-state index >= 15 is 0 Å². The van der Waals surface area contributed by atoms with E-state index in [1.807, 2.05) is 59.9 Å². The number of hydrazone groups is 1. The number of nitrogens with zero attached hydrogens (tertiary/aromatic N) is 1. The highest BCUT2D eigenvalue weighted by molar-refractivity contribution is 8.19. The van der Waals surface area contributed by atoms with Gasteiger partial charge in [0.1, 0.15) is 11.5 Å². The molecule has 1 saturated heterocycles. The Morgan fingerprint density at radius 2 is 1.69 bits per heavy atom. The molecule has 5 nitrogen and oxygen atoms in total. The molecule has 0 aromatic heterocycles. The maximum Gasteiger partial charge on any atom is 0.277 e. The second-order valence-corrected chi connectivity index (χ2v) is 9.72. The normalized spacial score (nSPS) is 14.4. The fourth-order valence-electron chi connectivity index (χ4n) is 2.55. The molecule has 29 heavy (non-hydrogen) atoms. The van der Waals surface area contributed by atoms with Crippen LogP contribution in [0, 0.1) is 5.92 Å². The SMILES string of the molecule is CC(C)COc1ccc(/C=N\NC(=O)COc2ccc(C3SCCS3)cc2)cc1. The molecule has 0 aliphatic carbocycles. The molecule has 154 valence electrons. The predicted molar refractivity (Wildman–Crippen MR) is 122 cm³/mol. The fraction of sp³-hybridized carbons (Fsp3) is 0.364. The van der Waals surface area contributed by atoms with Crippen LogP contribution in [0.1, 0.15) is 29.6 Å². The lowest BCUT2D eigenvalue weighted by Gasteiger charge is -2.10. The summed E-state index contributed by atoms with van der Waals surface area (Å²) in [4.78, 5) is 11.9. The van der Waals surface area contributed by atoms with Gasteiger partial charge in [0, 0.05) is 11.5 Å². The Hall–Kier alpha value is -2.12. The highest BCUT2D eigenvalue weighted by atomic mass is 32.2. The van der Waals surface area contributed by atoms with Crippen molar-refractivity contribution in [2.75, 3.05) is 24.7 Å². The monoisotopic (exact) mass is 430 g/mol. The van der Waals surface area contributed by atoms with Gasteiger partial charge in [-0.25, -0.2) is 5.43 Å². The molecule has 1 aliphatic heterocycles. The average Bonchev–Trinajstić information content (AvgIpc) is 3.27. The molecule has 0 radical (unpaired) electrons. The van der Waals surface area contributed by atoms with Crippen molar-refractivity contribution in [1.29, 1.82) is 0 Å². The minimum atomic E-state index is -0.302. The van der Waals surface area contributed by atoms with Crippen molar-refractivity contribution in [1.82, 2.24) is 5.43 Å². The van der Waals surface area contributed by atoms with E-state index in [0.717, 1.165) is 11.3 Å². The molecule has 1 amide bonds. The number of carbonyl (C=O) groups is 1. The molecule has 2 aromatic carbocycles. The van der Waals surface area contributed by atoms with Crippen molar-refractivity contribution in [3.8, 4) is 11.5 Å². The molecule has 0 unspecified atom stereocenters. The Bertz CT molecular complexity index is 802. The first kappa shape index (κ1) is 21.6. The van der Waals surface area contributed by atoms with Gasteiger partial charge in [0.05, 0.1) is 17.4 Å². The van der Waals surface area contributed by atoms with E-state index in [0.29, 0.717) is 22.9 Å². The van der Waals surface area contributed by atoms with Gasteiger partial charge in [-0.2, -0.15) is 5.10 Å². The molecule has 7 heteroatoms. The van der Waals surface area contributed by atoms with Crippen LogP contribution in [0.3, 0.4) is 0 Å². The average molecular weight is 431 g/mol. The number of hydrogen-bond acceptors (Lipinski definition) is 6. The fourth-order valence-corrected chi connectivity index (χ4v) is 5.40. The van der Waals surface area contributed by atoms with E-state index in [1.165, 1.54) is 17.1 Å². The second kappa shape index (κ2) is 11.2. The van der Waals surface area contributed by atoms with Gasteiger partial charge in [-0.15, -0.1) is 23.5 Å². The molecule has 3 rings (SSSR count). The van der Waals surface area contributed by atoms with Crippen molar-refractivity contribution in [3.63, 3.8) is 0 Å². The standard InChI is InChI=1S/C22H26N2O3S2/c1-16(2)14-26-19-7-3-17(4-8-19)13-23-24-21(25)15-27-20-9-5-18(6-10-20)22-28-11-12-29-22/h3-10,13,16,22H,11-12,14-15H2,1-2H3,(H,24,25)/b23-13-. The summed E-state index contributed by atoms with van der Waals surface area (Å²) in [5.74, 6) is 4.08. The van der Waals surface area contributed by atoms with Crippen LogP contribution in [0.25, 0.3) is 0 Å². The van der Waals surface area contributed by atoms with Crippen LogP contribution >= 0.6 is 23.5 Å². The minimum Gasteiger partial charge on any atom is -0.493 e. The number of ether oxygens (including phenoxy) is 2. The number of amides is 1. The molecule has 0 spiro atoms. The molecule has 1 fully saturated rings. The number of hydrogen-bond donors (Lipinski definition) is 1. The summed E-state index contributed by atoms with van der Waals surface area (Å²) in [5.41, 5.74) is 4.65. The Balaban J connectivity index is 1.39. The topological polar surface area (TPSA) is 59.9 Å². The highest BCUT2D eigenvalue weighted by Crippen LogP contribution is 2.45. The van der Waals surface area contributed by atoms with Crippen LogP contribution in [0.2, 0.25) is 0 Å². The first-order valence-corrected chi connectivity index (χ1v) is 11.7. The zero-order valence-electron chi connectivity index (χ0n) is 16.7. The number of rotatable bonds is 9. The summed E-state index contributed by atoms with van der Waals surface area (Å²) < 4.78 is 11.7. The number of thioether (sulfide) groups is 2. The molecular formula is C22H26N2O3S2. The summed E-state index contributed by atoms with van der Waals surface area (Å²) in [5, 5.41) is 3.97. The summed E-state index contributed by atoms with van der Waals surface area (Å²) >= 11 is 3.93. The molecule has 1 aliphatic rings. The van der Waals surface area contributed by atoms with Crippen LogP contribution in [-0.2, 0) is 4.79 Å². The second-order valence-electron chi connectivity index (χ2n) is 7.00. The highest BCUT2D eigenvalue weighted by Gasteiger charge is 2.17. The summed E-state index contributed by atoms with van der Waals surface area (Å²) in [7, 11) is 0. The lowest BCUT2D eigenvalue weighted by atomic mass is 10.2. The smallest absolute Gasteiger partial charge is 0.277 e. The first-order chi connectivity index (χ1) is 14.1. The molecule has 1 heterocycles. The third-order valence-corrected chi connectivity index (χ3v) is 7.11. The lowest BCUT2D eigenvalue weighted by Crippen LogP contribution is -2.24. The quantitative estimate of drug-likeness (QED) is 0.460. The van der Waals surface area contributed by atoms with Gasteiger partial charge in [0.2, 0.25) is 0 Å². The van der Waals surface area contributed by atoms with Gasteiger partial charge in [0.25, 0.3) is 5.91 Å². The molecular weight excluding hydrogens is 404 g/mol.